The Balaban J connectivity index is 1.93. The Morgan fingerprint density at radius 3 is 1.61 bits per heavy atom. The van der Waals surface area contributed by atoms with Gasteiger partial charge < -0.3 is 14.2 Å². The molecule has 0 aromatic heterocycles. The Morgan fingerprint density at radius 2 is 1.15 bits per heavy atom. The summed E-state index contributed by atoms with van der Waals surface area (Å²) in [6.45, 7) is 8.04. The van der Waals surface area contributed by atoms with Crippen LogP contribution in [0.2, 0.25) is 0 Å². The van der Waals surface area contributed by atoms with E-state index in [0.717, 1.165) is 37.4 Å². The highest BCUT2D eigenvalue weighted by Gasteiger charge is 2.20. The molecule has 2 bridgehead atoms. The number of nitrogens with zero attached hydrogens (tertiary/aromatic N) is 2. The molecule has 0 fully saturated rings. The predicted molar refractivity (Wildman–Crippen MR) is 138 cm³/mol. The minimum absolute atomic E-state index is 0.0208. The van der Waals surface area contributed by atoms with Crippen molar-refractivity contribution in [2.75, 3.05) is 40.4 Å². The van der Waals surface area contributed by atoms with Crippen LogP contribution in [-0.2, 0) is 4.74 Å². The monoisotopic (exact) mass is 462 g/mol. The van der Waals surface area contributed by atoms with Crippen LogP contribution in [0.5, 0.6) is 11.5 Å². The first-order valence-electron chi connectivity index (χ1n) is 13.6. The highest BCUT2D eigenvalue weighted by Crippen LogP contribution is 2.25. The summed E-state index contributed by atoms with van der Waals surface area (Å²) in [5.74, 6) is 1.74. The summed E-state index contributed by atoms with van der Waals surface area (Å²) in [6, 6.07) is 8.16. The fourth-order valence-corrected chi connectivity index (χ4v) is 4.36. The second-order valence-electron chi connectivity index (χ2n) is 9.60. The molecule has 2 unspecified atom stereocenters. The molecular weight excluding hydrogens is 412 g/mol. The number of unbranched alkanes of at least 4 members (excludes halogenated alkanes) is 8. The maximum atomic E-state index is 6.42. The number of hydrogen-bond donors (Lipinski definition) is 0. The molecule has 0 radical (unpaired) electrons. The number of ether oxygens (including phenoxy) is 3. The fourth-order valence-electron chi connectivity index (χ4n) is 4.36. The molecule has 0 aliphatic carbocycles. The van der Waals surface area contributed by atoms with Crippen molar-refractivity contribution in [3.8, 4) is 11.5 Å². The highest BCUT2D eigenvalue weighted by molar-refractivity contribution is 5.33. The van der Waals surface area contributed by atoms with E-state index in [4.69, 9.17) is 14.2 Å². The number of benzene rings is 1. The number of hydrogen-bond acceptors (Lipinski definition) is 5. The SMILES string of the molecule is CCCCCCCN(C)C1CCOCCC(N(C)CCCCCCC)Oc2cccc(c2)O1. The summed E-state index contributed by atoms with van der Waals surface area (Å²) in [6.07, 6.45) is 14.7. The van der Waals surface area contributed by atoms with Gasteiger partial charge in [0.25, 0.3) is 0 Å². The Kier molecular flexibility index (Phi) is 14.5. The van der Waals surface area contributed by atoms with E-state index in [9.17, 15) is 0 Å². The van der Waals surface area contributed by atoms with Crippen molar-refractivity contribution in [1.29, 1.82) is 0 Å². The van der Waals surface area contributed by atoms with Gasteiger partial charge in [0.1, 0.15) is 11.5 Å². The third kappa shape index (κ3) is 11.6. The van der Waals surface area contributed by atoms with Crippen LogP contribution in [0.3, 0.4) is 0 Å². The molecule has 1 aliphatic heterocycles. The molecule has 0 saturated heterocycles. The summed E-state index contributed by atoms with van der Waals surface area (Å²) in [7, 11) is 4.34. The van der Waals surface area contributed by atoms with Crippen molar-refractivity contribution in [1.82, 2.24) is 9.80 Å². The molecule has 0 amide bonds. The van der Waals surface area contributed by atoms with Crippen LogP contribution >= 0.6 is 0 Å². The Hall–Kier alpha value is -1.30. The van der Waals surface area contributed by atoms with Crippen molar-refractivity contribution >= 4 is 0 Å². The van der Waals surface area contributed by atoms with E-state index < -0.39 is 0 Å². The topological polar surface area (TPSA) is 34.2 Å². The van der Waals surface area contributed by atoms with Crippen LogP contribution in [0.1, 0.15) is 90.9 Å². The average Bonchev–Trinajstić information content (AvgIpc) is 2.81. The lowest BCUT2D eigenvalue weighted by atomic mass is 10.1. The molecule has 2 atom stereocenters. The van der Waals surface area contributed by atoms with Gasteiger partial charge in [0, 0.05) is 32.0 Å². The van der Waals surface area contributed by atoms with Gasteiger partial charge in [-0.05, 0) is 39.1 Å². The number of rotatable bonds is 14. The predicted octanol–water partition coefficient (Wildman–Crippen LogP) is 6.71. The van der Waals surface area contributed by atoms with E-state index in [1.54, 1.807) is 0 Å². The third-order valence-corrected chi connectivity index (χ3v) is 6.58. The fraction of sp³-hybridized carbons (Fsp3) is 0.786. The van der Waals surface area contributed by atoms with Crippen LogP contribution < -0.4 is 9.47 Å². The lowest BCUT2D eigenvalue weighted by molar-refractivity contribution is -0.0157. The van der Waals surface area contributed by atoms with Crippen LogP contribution in [0.25, 0.3) is 0 Å². The Labute approximate surface area is 203 Å². The molecule has 0 spiro atoms. The van der Waals surface area contributed by atoms with E-state index >= 15 is 0 Å². The van der Waals surface area contributed by atoms with Crippen molar-refractivity contribution in [2.45, 2.75) is 103 Å². The van der Waals surface area contributed by atoms with Gasteiger partial charge >= 0.3 is 0 Å². The van der Waals surface area contributed by atoms with Crippen molar-refractivity contribution < 1.29 is 14.2 Å². The Bertz CT molecular complexity index is 565. The lowest BCUT2D eigenvalue weighted by Gasteiger charge is -2.31. The largest absolute Gasteiger partial charge is 0.475 e. The molecule has 190 valence electrons. The standard InChI is InChI=1S/C28H50N2O3/c1-5-7-9-11-13-20-29(3)27-18-22-31-23-19-28(30(4)21-14-12-10-8-6-2)33-26-17-15-16-25(24-26)32-27/h15-17,24,27-28H,5-14,18-23H2,1-4H3. The molecule has 33 heavy (non-hydrogen) atoms. The van der Waals surface area contributed by atoms with Crippen molar-refractivity contribution in [2.24, 2.45) is 0 Å². The summed E-state index contributed by atoms with van der Waals surface area (Å²) in [4.78, 5) is 4.67. The van der Waals surface area contributed by atoms with E-state index in [1.807, 2.05) is 24.3 Å². The minimum Gasteiger partial charge on any atom is -0.475 e. The van der Waals surface area contributed by atoms with E-state index in [0.29, 0.717) is 13.2 Å². The molecule has 5 nitrogen and oxygen atoms in total. The van der Waals surface area contributed by atoms with Crippen molar-refractivity contribution in [3.05, 3.63) is 24.3 Å². The van der Waals surface area contributed by atoms with Gasteiger partial charge in [-0.1, -0.05) is 71.3 Å². The van der Waals surface area contributed by atoms with Gasteiger partial charge in [0.15, 0.2) is 12.5 Å². The summed E-state index contributed by atoms with van der Waals surface area (Å²) >= 11 is 0. The van der Waals surface area contributed by atoms with Crippen LogP contribution in [0.15, 0.2) is 24.3 Å². The summed E-state index contributed by atoms with van der Waals surface area (Å²) in [5.41, 5.74) is 0. The van der Waals surface area contributed by atoms with Crippen molar-refractivity contribution in [3.63, 3.8) is 0 Å². The minimum atomic E-state index is 0.0208. The highest BCUT2D eigenvalue weighted by atomic mass is 16.5. The van der Waals surface area contributed by atoms with Crippen LogP contribution in [0.4, 0.5) is 0 Å². The smallest absolute Gasteiger partial charge is 0.154 e. The third-order valence-electron chi connectivity index (χ3n) is 6.58. The van der Waals surface area contributed by atoms with Crippen LogP contribution in [0, 0.1) is 0 Å². The van der Waals surface area contributed by atoms with Gasteiger partial charge in [-0.15, -0.1) is 0 Å². The van der Waals surface area contributed by atoms with E-state index in [1.165, 1.54) is 64.2 Å². The van der Waals surface area contributed by atoms with Gasteiger partial charge in [0.2, 0.25) is 0 Å². The zero-order valence-corrected chi connectivity index (χ0v) is 21.9. The lowest BCUT2D eigenvalue weighted by Crippen LogP contribution is -2.40. The normalized spacial score (nSPS) is 19.6. The maximum Gasteiger partial charge on any atom is 0.154 e. The molecule has 0 saturated carbocycles. The molecular formula is C28H50N2O3. The first-order valence-corrected chi connectivity index (χ1v) is 13.6. The van der Waals surface area contributed by atoms with Gasteiger partial charge in [-0.2, -0.15) is 0 Å². The van der Waals surface area contributed by atoms with Crippen LogP contribution in [-0.4, -0.2) is 62.7 Å². The molecule has 0 N–H and O–H groups in total. The molecule has 1 heterocycles. The van der Waals surface area contributed by atoms with E-state index in [-0.39, 0.29) is 12.5 Å². The zero-order chi connectivity index (χ0) is 23.7. The first kappa shape index (κ1) is 27.9. The molecule has 2 rings (SSSR count). The first-order chi connectivity index (χ1) is 16.1. The molecule has 5 heteroatoms. The zero-order valence-electron chi connectivity index (χ0n) is 21.9. The molecule has 1 aliphatic rings. The summed E-state index contributed by atoms with van der Waals surface area (Å²) < 4.78 is 18.9. The Morgan fingerprint density at radius 1 is 0.697 bits per heavy atom. The summed E-state index contributed by atoms with van der Waals surface area (Å²) in [5, 5.41) is 0. The molecule has 1 aromatic carbocycles. The van der Waals surface area contributed by atoms with Gasteiger partial charge in [-0.3, -0.25) is 9.80 Å². The van der Waals surface area contributed by atoms with E-state index in [2.05, 4.69) is 37.7 Å². The number of fused-ring (bicyclic) bond motifs is 2. The quantitative estimate of drug-likeness (QED) is 0.287. The second kappa shape index (κ2) is 17.2. The molecule has 1 aromatic rings. The second-order valence-corrected chi connectivity index (χ2v) is 9.60. The van der Waals surface area contributed by atoms with Gasteiger partial charge in [-0.25, -0.2) is 0 Å². The average molecular weight is 463 g/mol. The maximum absolute atomic E-state index is 6.42. The van der Waals surface area contributed by atoms with Gasteiger partial charge in [0.05, 0.1) is 13.2 Å².